The van der Waals surface area contributed by atoms with Crippen molar-refractivity contribution in [1.82, 2.24) is 0 Å². The summed E-state index contributed by atoms with van der Waals surface area (Å²) in [7, 11) is 1.50. The molecule has 0 rings (SSSR count). The molecule has 0 bridgehead atoms. The van der Waals surface area contributed by atoms with Crippen LogP contribution < -0.4 is 5.73 Å². The summed E-state index contributed by atoms with van der Waals surface area (Å²) >= 11 is 0. The molecule has 1 unspecified atom stereocenters. The molecule has 0 aromatic carbocycles. The highest BCUT2D eigenvalue weighted by Gasteiger charge is 2.00. The summed E-state index contributed by atoms with van der Waals surface area (Å²) in [5.41, 5.74) is 4.50. The van der Waals surface area contributed by atoms with E-state index in [1.165, 1.54) is 7.05 Å². The standard InChI is InChI=1S/C7H14O.C2H6.CH5N/c1-6(2)4-7(3)5-8;2*1-2/h5-7H,4H2,1-3H3;1-2H3;2H2,1H3. The topological polar surface area (TPSA) is 43.1 Å². The zero-order valence-corrected chi connectivity index (χ0v) is 9.42. The number of aldehydes is 1. The van der Waals surface area contributed by atoms with Gasteiger partial charge < -0.3 is 10.5 Å². The van der Waals surface area contributed by atoms with Gasteiger partial charge in [-0.25, -0.2) is 0 Å². The number of carbonyl (C=O) groups excluding carboxylic acids is 1. The van der Waals surface area contributed by atoms with Crippen LogP contribution in [0.15, 0.2) is 0 Å². The van der Waals surface area contributed by atoms with Crippen molar-refractivity contribution in [3.05, 3.63) is 0 Å². The van der Waals surface area contributed by atoms with Gasteiger partial charge >= 0.3 is 0 Å². The number of nitrogens with two attached hydrogens (primary N) is 1. The fraction of sp³-hybridized carbons (Fsp3) is 0.900. The first-order valence-corrected chi connectivity index (χ1v) is 4.69. The normalized spacial score (nSPS) is 10.3. The Morgan fingerprint density at radius 2 is 1.50 bits per heavy atom. The van der Waals surface area contributed by atoms with Gasteiger partial charge in [0.25, 0.3) is 0 Å². The van der Waals surface area contributed by atoms with Crippen LogP contribution in [-0.4, -0.2) is 13.3 Å². The van der Waals surface area contributed by atoms with E-state index in [1.807, 2.05) is 20.8 Å². The van der Waals surface area contributed by atoms with E-state index in [0.717, 1.165) is 12.7 Å². The van der Waals surface area contributed by atoms with E-state index < -0.39 is 0 Å². The number of hydrogen-bond acceptors (Lipinski definition) is 2. The van der Waals surface area contributed by atoms with Gasteiger partial charge in [-0.05, 0) is 19.4 Å². The van der Waals surface area contributed by atoms with E-state index in [-0.39, 0.29) is 5.92 Å². The molecule has 0 aliphatic carbocycles. The summed E-state index contributed by atoms with van der Waals surface area (Å²) in [6, 6.07) is 0. The largest absolute Gasteiger partial charge is 0.333 e. The zero-order chi connectivity index (χ0) is 10.6. The summed E-state index contributed by atoms with van der Waals surface area (Å²) in [5, 5.41) is 0. The van der Waals surface area contributed by atoms with Gasteiger partial charge in [0.1, 0.15) is 6.29 Å². The van der Waals surface area contributed by atoms with Gasteiger partial charge in [-0.2, -0.15) is 0 Å². The van der Waals surface area contributed by atoms with Gasteiger partial charge in [-0.3, -0.25) is 0 Å². The minimum atomic E-state index is 0.245. The second kappa shape index (κ2) is 16.9. The molecule has 12 heavy (non-hydrogen) atoms. The summed E-state index contributed by atoms with van der Waals surface area (Å²) < 4.78 is 0. The third kappa shape index (κ3) is 22.6. The van der Waals surface area contributed by atoms with E-state index in [0.29, 0.717) is 5.92 Å². The van der Waals surface area contributed by atoms with E-state index in [1.54, 1.807) is 0 Å². The highest BCUT2D eigenvalue weighted by molar-refractivity contribution is 5.52. The third-order valence-corrected chi connectivity index (χ3v) is 1.08. The molecule has 2 nitrogen and oxygen atoms in total. The summed E-state index contributed by atoms with van der Waals surface area (Å²) in [4.78, 5) is 10.0. The van der Waals surface area contributed by atoms with Crippen molar-refractivity contribution >= 4 is 6.29 Å². The lowest BCUT2D eigenvalue weighted by molar-refractivity contribution is -0.111. The van der Waals surface area contributed by atoms with Crippen LogP contribution in [-0.2, 0) is 4.79 Å². The molecule has 0 spiro atoms. The Bertz CT molecular complexity index is 72.2. The van der Waals surface area contributed by atoms with Crippen LogP contribution in [0.3, 0.4) is 0 Å². The summed E-state index contributed by atoms with van der Waals surface area (Å²) in [5.74, 6) is 0.894. The Kier molecular flexibility index (Phi) is 24.9. The zero-order valence-electron chi connectivity index (χ0n) is 9.42. The van der Waals surface area contributed by atoms with Crippen LogP contribution in [0.25, 0.3) is 0 Å². The fourth-order valence-electron chi connectivity index (χ4n) is 0.799. The second-order valence-corrected chi connectivity index (χ2v) is 2.74. The number of rotatable bonds is 3. The molecule has 0 amide bonds. The van der Waals surface area contributed by atoms with Crippen LogP contribution in [0, 0.1) is 11.8 Å². The van der Waals surface area contributed by atoms with E-state index in [9.17, 15) is 4.79 Å². The lowest BCUT2D eigenvalue weighted by Crippen LogP contribution is -1.99. The van der Waals surface area contributed by atoms with Crippen LogP contribution in [0.1, 0.15) is 41.0 Å². The molecule has 0 saturated heterocycles. The predicted octanol–water partition coefficient (Wildman–Crippen LogP) is 2.47. The quantitative estimate of drug-likeness (QED) is 0.670. The molecule has 0 aliphatic rings. The Hall–Kier alpha value is -0.370. The Labute approximate surface area is 77.5 Å². The SMILES string of the molecule is CC.CC(C)CC(C)C=O.CN. The molecule has 0 radical (unpaired) electrons. The second-order valence-electron chi connectivity index (χ2n) is 2.74. The molecule has 0 aromatic heterocycles. The first kappa shape index (κ1) is 17.6. The lowest BCUT2D eigenvalue weighted by atomic mass is 10.0. The van der Waals surface area contributed by atoms with Crippen molar-refractivity contribution in [1.29, 1.82) is 0 Å². The minimum Gasteiger partial charge on any atom is -0.333 e. The molecule has 0 aromatic rings. The smallest absolute Gasteiger partial charge is 0.122 e. The molecular weight excluding hydrogens is 150 g/mol. The maximum absolute atomic E-state index is 10.0. The molecule has 2 N–H and O–H groups in total. The van der Waals surface area contributed by atoms with Crippen molar-refractivity contribution in [3.63, 3.8) is 0 Å². The molecule has 76 valence electrons. The summed E-state index contributed by atoms with van der Waals surface area (Å²) in [6.07, 6.45) is 2.03. The predicted molar refractivity (Wildman–Crippen MR) is 56.1 cm³/mol. The third-order valence-electron chi connectivity index (χ3n) is 1.08. The first-order chi connectivity index (χ1) is 5.66. The Balaban J connectivity index is -0.000000175. The molecule has 0 aliphatic heterocycles. The lowest BCUT2D eigenvalue weighted by Gasteiger charge is -2.04. The number of hydrogen-bond donors (Lipinski definition) is 1. The average Bonchev–Trinajstić information content (AvgIpc) is 2.10. The molecule has 2 heteroatoms. The van der Waals surface area contributed by atoms with Crippen molar-refractivity contribution in [2.24, 2.45) is 17.6 Å². The van der Waals surface area contributed by atoms with Crippen molar-refractivity contribution < 1.29 is 4.79 Å². The van der Waals surface area contributed by atoms with Gasteiger partial charge in [-0.15, -0.1) is 0 Å². The average molecular weight is 175 g/mol. The monoisotopic (exact) mass is 175 g/mol. The van der Waals surface area contributed by atoms with Crippen LogP contribution >= 0.6 is 0 Å². The van der Waals surface area contributed by atoms with Gasteiger partial charge in [0.2, 0.25) is 0 Å². The molecule has 0 heterocycles. The molecule has 0 saturated carbocycles. The van der Waals surface area contributed by atoms with Gasteiger partial charge in [-0.1, -0.05) is 34.6 Å². The molecule has 1 atom stereocenters. The van der Waals surface area contributed by atoms with Crippen molar-refractivity contribution in [2.75, 3.05) is 7.05 Å². The van der Waals surface area contributed by atoms with Crippen LogP contribution in [0.4, 0.5) is 0 Å². The van der Waals surface area contributed by atoms with Gasteiger partial charge in [0.15, 0.2) is 0 Å². The Morgan fingerprint density at radius 3 is 1.58 bits per heavy atom. The fourth-order valence-corrected chi connectivity index (χ4v) is 0.799. The molecular formula is C10H25NO. The van der Waals surface area contributed by atoms with Crippen molar-refractivity contribution in [3.8, 4) is 0 Å². The summed E-state index contributed by atoms with van der Waals surface area (Å²) in [6.45, 7) is 10.2. The van der Waals surface area contributed by atoms with Crippen LogP contribution in [0.5, 0.6) is 0 Å². The Morgan fingerprint density at radius 1 is 1.17 bits per heavy atom. The van der Waals surface area contributed by atoms with Crippen LogP contribution in [0.2, 0.25) is 0 Å². The van der Waals surface area contributed by atoms with Gasteiger partial charge in [0.05, 0.1) is 0 Å². The van der Waals surface area contributed by atoms with E-state index >= 15 is 0 Å². The van der Waals surface area contributed by atoms with Crippen molar-refractivity contribution in [2.45, 2.75) is 41.0 Å². The highest BCUT2D eigenvalue weighted by Crippen LogP contribution is 2.07. The van der Waals surface area contributed by atoms with E-state index in [2.05, 4.69) is 19.6 Å². The maximum Gasteiger partial charge on any atom is 0.122 e. The molecule has 0 fully saturated rings. The maximum atomic E-state index is 10.0. The number of carbonyl (C=O) groups is 1. The minimum absolute atomic E-state index is 0.245. The van der Waals surface area contributed by atoms with E-state index in [4.69, 9.17) is 0 Å². The first-order valence-electron chi connectivity index (χ1n) is 4.69. The van der Waals surface area contributed by atoms with Gasteiger partial charge in [0, 0.05) is 5.92 Å². The highest BCUT2D eigenvalue weighted by atomic mass is 16.1.